The quantitative estimate of drug-likeness (QED) is 0.411. The van der Waals surface area contributed by atoms with E-state index in [1.807, 2.05) is 25.2 Å². The number of aliphatic imine (C=N–C) groups is 1. The van der Waals surface area contributed by atoms with E-state index < -0.39 is 0 Å². The molecule has 1 saturated heterocycles. The van der Waals surface area contributed by atoms with Crippen molar-refractivity contribution < 1.29 is 9.47 Å². The fourth-order valence-corrected chi connectivity index (χ4v) is 3.22. The molecule has 0 bridgehead atoms. The van der Waals surface area contributed by atoms with Gasteiger partial charge in [0.05, 0.1) is 0 Å². The normalized spacial score (nSPS) is 22.8. The third-order valence-corrected chi connectivity index (χ3v) is 4.81. The van der Waals surface area contributed by atoms with Gasteiger partial charge in [0.15, 0.2) is 17.5 Å². The lowest BCUT2D eigenvalue weighted by Crippen LogP contribution is -2.46. The highest BCUT2D eigenvalue weighted by Gasteiger charge is 2.31. The predicted molar refractivity (Wildman–Crippen MR) is 111 cm³/mol. The molecule has 2 unspecified atom stereocenters. The number of rotatable bonds is 4. The summed E-state index contributed by atoms with van der Waals surface area (Å²) >= 11 is 0. The number of halogens is 1. The second-order valence-electron chi connectivity index (χ2n) is 6.89. The summed E-state index contributed by atoms with van der Waals surface area (Å²) in [7, 11) is 1.81. The van der Waals surface area contributed by atoms with Gasteiger partial charge in [0.25, 0.3) is 0 Å². The third-order valence-electron chi connectivity index (χ3n) is 4.81. The molecular formula is C18H29IN4O2. The van der Waals surface area contributed by atoms with Crippen LogP contribution in [0, 0.1) is 5.92 Å². The number of hydrogen-bond acceptors (Lipinski definition) is 4. The van der Waals surface area contributed by atoms with Crippen LogP contribution in [0.2, 0.25) is 0 Å². The third kappa shape index (κ3) is 4.91. The maximum absolute atomic E-state index is 5.43. The Labute approximate surface area is 167 Å². The van der Waals surface area contributed by atoms with Crippen LogP contribution in [0.25, 0.3) is 0 Å². The smallest absolute Gasteiger partial charge is 0.231 e. The van der Waals surface area contributed by atoms with Crippen molar-refractivity contribution in [3.8, 4) is 11.5 Å². The highest BCUT2D eigenvalue weighted by molar-refractivity contribution is 14.0. The topological polar surface area (TPSA) is 58.1 Å². The summed E-state index contributed by atoms with van der Waals surface area (Å²) in [6, 6.07) is 7.03. The van der Waals surface area contributed by atoms with Crippen LogP contribution in [0.1, 0.15) is 26.3 Å². The van der Waals surface area contributed by atoms with E-state index in [9.17, 15) is 0 Å². The molecule has 0 radical (unpaired) electrons. The minimum atomic E-state index is 0. The van der Waals surface area contributed by atoms with Crippen LogP contribution in [-0.4, -0.2) is 49.9 Å². The number of guanidine groups is 1. The Bertz CT molecular complexity index is 609. The van der Waals surface area contributed by atoms with Crippen LogP contribution in [-0.2, 0) is 6.54 Å². The molecule has 140 valence electrons. The fourth-order valence-electron chi connectivity index (χ4n) is 3.22. The Morgan fingerprint density at radius 2 is 2.04 bits per heavy atom. The molecule has 0 aliphatic carbocycles. The molecule has 1 aromatic carbocycles. The molecule has 6 nitrogen and oxygen atoms in total. The molecule has 7 heteroatoms. The first-order valence-corrected chi connectivity index (χ1v) is 8.66. The number of hydrogen-bond donors (Lipinski definition) is 2. The lowest BCUT2D eigenvalue weighted by atomic mass is 10.1. The van der Waals surface area contributed by atoms with Crippen molar-refractivity contribution in [1.82, 2.24) is 15.5 Å². The van der Waals surface area contributed by atoms with Gasteiger partial charge < -0.3 is 20.1 Å². The van der Waals surface area contributed by atoms with Gasteiger partial charge in [-0.15, -0.1) is 24.0 Å². The Morgan fingerprint density at radius 3 is 2.72 bits per heavy atom. The zero-order valence-electron chi connectivity index (χ0n) is 15.4. The highest BCUT2D eigenvalue weighted by atomic mass is 127. The molecule has 0 amide bonds. The first kappa shape index (κ1) is 20.1. The SMILES string of the molecule is CN=C(NCc1ccc2c(c1)OCO2)NC1CN(C(C)C)CC1C.I. The van der Waals surface area contributed by atoms with Crippen LogP contribution in [0.3, 0.4) is 0 Å². The van der Waals surface area contributed by atoms with E-state index in [4.69, 9.17) is 9.47 Å². The van der Waals surface area contributed by atoms with Gasteiger partial charge in [-0.2, -0.15) is 0 Å². The number of nitrogens with zero attached hydrogens (tertiary/aromatic N) is 2. The van der Waals surface area contributed by atoms with Gasteiger partial charge >= 0.3 is 0 Å². The Morgan fingerprint density at radius 1 is 1.28 bits per heavy atom. The lowest BCUT2D eigenvalue weighted by molar-refractivity contribution is 0.174. The minimum absolute atomic E-state index is 0. The monoisotopic (exact) mass is 460 g/mol. The highest BCUT2D eigenvalue weighted by Crippen LogP contribution is 2.32. The molecular weight excluding hydrogens is 431 g/mol. The van der Waals surface area contributed by atoms with Gasteiger partial charge in [-0.05, 0) is 37.5 Å². The maximum atomic E-state index is 5.43. The zero-order valence-corrected chi connectivity index (χ0v) is 17.7. The maximum Gasteiger partial charge on any atom is 0.231 e. The van der Waals surface area contributed by atoms with E-state index in [2.05, 4.69) is 41.3 Å². The average molecular weight is 460 g/mol. The van der Waals surface area contributed by atoms with Crippen molar-refractivity contribution in [2.24, 2.45) is 10.9 Å². The molecule has 25 heavy (non-hydrogen) atoms. The Hall–Kier alpha value is -1.22. The molecule has 1 aromatic rings. The number of ether oxygens (including phenoxy) is 2. The summed E-state index contributed by atoms with van der Waals surface area (Å²) in [5.74, 6) is 3.08. The van der Waals surface area contributed by atoms with E-state index in [0.717, 1.165) is 36.1 Å². The molecule has 0 aromatic heterocycles. The Kier molecular flexibility index (Phi) is 7.18. The molecule has 2 aliphatic rings. The van der Waals surface area contributed by atoms with Gasteiger partial charge in [0, 0.05) is 38.8 Å². The summed E-state index contributed by atoms with van der Waals surface area (Å²) < 4.78 is 10.8. The van der Waals surface area contributed by atoms with Gasteiger partial charge in [0.1, 0.15) is 0 Å². The standard InChI is InChI=1S/C18H28N4O2.HI/c1-12(2)22-9-13(3)15(10-22)21-18(19-4)20-8-14-5-6-16-17(7-14)24-11-23-16;/h5-7,12-13,15H,8-11H2,1-4H3,(H2,19,20,21);1H. The molecule has 1 fully saturated rings. The van der Waals surface area contributed by atoms with Gasteiger partial charge in [0.2, 0.25) is 6.79 Å². The second-order valence-corrected chi connectivity index (χ2v) is 6.89. The van der Waals surface area contributed by atoms with Crippen LogP contribution in [0.15, 0.2) is 23.2 Å². The largest absolute Gasteiger partial charge is 0.454 e. The first-order chi connectivity index (χ1) is 11.6. The van der Waals surface area contributed by atoms with E-state index in [1.54, 1.807) is 0 Å². The summed E-state index contributed by atoms with van der Waals surface area (Å²) in [6.45, 7) is 10.00. The molecule has 2 N–H and O–H groups in total. The fraction of sp³-hybridized carbons (Fsp3) is 0.611. The molecule has 2 aliphatic heterocycles. The van der Waals surface area contributed by atoms with Crippen molar-refractivity contribution in [3.05, 3.63) is 23.8 Å². The summed E-state index contributed by atoms with van der Waals surface area (Å²) in [6.07, 6.45) is 0. The molecule has 2 atom stereocenters. The molecule has 3 rings (SSSR count). The number of nitrogens with one attached hydrogen (secondary N) is 2. The minimum Gasteiger partial charge on any atom is -0.454 e. The van der Waals surface area contributed by atoms with Crippen molar-refractivity contribution in [2.75, 3.05) is 26.9 Å². The molecule has 2 heterocycles. The van der Waals surface area contributed by atoms with Crippen LogP contribution in [0.4, 0.5) is 0 Å². The predicted octanol–water partition coefficient (Wildman–Crippen LogP) is 2.43. The lowest BCUT2D eigenvalue weighted by Gasteiger charge is -2.22. The molecule has 0 saturated carbocycles. The van der Waals surface area contributed by atoms with Crippen LogP contribution in [0.5, 0.6) is 11.5 Å². The summed E-state index contributed by atoms with van der Waals surface area (Å²) in [4.78, 5) is 6.87. The Balaban J connectivity index is 0.00000225. The average Bonchev–Trinajstić information content (AvgIpc) is 3.17. The summed E-state index contributed by atoms with van der Waals surface area (Å²) in [5, 5.41) is 6.96. The van der Waals surface area contributed by atoms with Crippen LogP contribution < -0.4 is 20.1 Å². The van der Waals surface area contributed by atoms with Gasteiger partial charge in [-0.25, -0.2) is 0 Å². The van der Waals surface area contributed by atoms with E-state index in [-0.39, 0.29) is 24.0 Å². The van der Waals surface area contributed by atoms with Gasteiger partial charge in [-0.3, -0.25) is 9.89 Å². The van der Waals surface area contributed by atoms with Crippen molar-refractivity contribution in [2.45, 2.75) is 39.4 Å². The van der Waals surface area contributed by atoms with Crippen molar-refractivity contribution >= 4 is 29.9 Å². The van der Waals surface area contributed by atoms with Gasteiger partial charge in [-0.1, -0.05) is 13.0 Å². The van der Waals surface area contributed by atoms with E-state index in [1.165, 1.54) is 0 Å². The zero-order chi connectivity index (χ0) is 17.1. The van der Waals surface area contributed by atoms with Crippen LogP contribution >= 0.6 is 24.0 Å². The number of likely N-dealkylation sites (tertiary alicyclic amines) is 1. The second kappa shape index (κ2) is 8.93. The van der Waals surface area contributed by atoms with E-state index in [0.29, 0.717) is 31.3 Å². The number of fused-ring (bicyclic) bond motifs is 1. The number of benzene rings is 1. The van der Waals surface area contributed by atoms with E-state index >= 15 is 0 Å². The summed E-state index contributed by atoms with van der Waals surface area (Å²) in [5.41, 5.74) is 1.14. The molecule has 0 spiro atoms. The first-order valence-electron chi connectivity index (χ1n) is 8.66. The van der Waals surface area contributed by atoms with Crippen molar-refractivity contribution in [3.63, 3.8) is 0 Å². The van der Waals surface area contributed by atoms with Crippen molar-refractivity contribution in [1.29, 1.82) is 0 Å².